The first-order chi connectivity index (χ1) is 8.72. The topological polar surface area (TPSA) is 23.5 Å². The second kappa shape index (κ2) is 6.35. The van der Waals surface area contributed by atoms with Crippen LogP contribution in [-0.4, -0.2) is 29.1 Å². The number of likely N-dealkylation sites (tertiary alicyclic amines) is 1. The molecule has 1 fully saturated rings. The van der Waals surface area contributed by atoms with Crippen LogP contribution in [0.25, 0.3) is 0 Å². The van der Waals surface area contributed by atoms with Gasteiger partial charge in [0, 0.05) is 12.6 Å². The Balaban J connectivity index is 2.02. The highest BCUT2D eigenvalue weighted by molar-refractivity contribution is 5.27. The van der Waals surface area contributed by atoms with Gasteiger partial charge < -0.3 is 5.11 Å². The van der Waals surface area contributed by atoms with Gasteiger partial charge in [-0.3, -0.25) is 4.90 Å². The molecule has 2 unspecified atom stereocenters. The lowest BCUT2D eigenvalue weighted by atomic mass is 9.97. The molecule has 0 amide bonds. The molecule has 1 N–H and O–H groups in total. The largest absolute Gasteiger partial charge is 0.387 e. The van der Waals surface area contributed by atoms with Gasteiger partial charge in [-0.05, 0) is 43.9 Å². The Morgan fingerprint density at radius 1 is 1.33 bits per heavy atom. The van der Waals surface area contributed by atoms with Crippen LogP contribution in [0.1, 0.15) is 49.8 Å². The third-order valence-electron chi connectivity index (χ3n) is 4.18. The Bertz CT molecular complexity index is 377. The molecule has 1 aromatic carbocycles. The van der Waals surface area contributed by atoms with Crippen LogP contribution in [0, 0.1) is 6.92 Å². The van der Waals surface area contributed by atoms with Crippen molar-refractivity contribution < 1.29 is 5.11 Å². The second-order valence-corrected chi connectivity index (χ2v) is 5.43. The van der Waals surface area contributed by atoms with Gasteiger partial charge in [-0.2, -0.15) is 0 Å². The Morgan fingerprint density at radius 3 is 2.83 bits per heavy atom. The smallest absolute Gasteiger partial charge is 0.0919 e. The van der Waals surface area contributed by atoms with Crippen LogP contribution < -0.4 is 0 Å². The first-order valence-electron chi connectivity index (χ1n) is 7.20. The number of piperidine rings is 1. The quantitative estimate of drug-likeness (QED) is 0.882. The summed E-state index contributed by atoms with van der Waals surface area (Å²) in [5.41, 5.74) is 2.27. The lowest BCUT2D eigenvalue weighted by molar-refractivity contribution is 0.0653. The fourth-order valence-electron chi connectivity index (χ4n) is 3.04. The summed E-state index contributed by atoms with van der Waals surface area (Å²) in [5.74, 6) is 0. The predicted octanol–water partition coefficient (Wildman–Crippen LogP) is 3.29. The van der Waals surface area contributed by atoms with E-state index in [1.54, 1.807) is 0 Å². The molecule has 1 saturated heterocycles. The van der Waals surface area contributed by atoms with Gasteiger partial charge in [-0.1, -0.05) is 37.6 Å². The van der Waals surface area contributed by atoms with Crippen molar-refractivity contribution in [2.45, 2.75) is 51.7 Å². The van der Waals surface area contributed by atoms with Gasteiger partial charge in [-0.25, -0.2) is 0 Å². The number of nitrogens with zero attached hydrogens (tertiary/aromatic N) is 1. The molecule has 0 bridgehead atoms. The van der Waals surface area contributed by atoms with Crippen molar-refractivity contribution in [3.63, 3.8) is 0 Å². The summed E-state index contributed by atoms with van der Waals surface area (Å²) in [6.45, 7) is 6.25. The van der Waals surface area contributed by atoms with Crippen molar-refractivity contribution >= 4 is 0 Å². The van der Waals surface area contributed by atoms with Crippen molar-refractivity contribution in [2.24, 2.45) is 0 Å². The maximum atomic E-state index is 10.4. The molecule has 0 saturated carbocycles. The first kappa shape index (κ1) is 13.6. The minimum absolute atomic E-state index is 0.349. The molecule has 2 heteroatoms. The van der Waals surface area contributed by atoms with Crippen LogP contribution >= 0.6 is 0 Å². The molecule has 100 valence electrons. The van der Waals surface area contributed by atoms with E-state index in [4.69, 9.17) is 0 Å². The number of aliphatic hydroxyl groups is 1. The summed E-state index contributed by atoms with van der Waals surface area (Å²) in [7, 11) is 0. The molecule has 1 aliphatic rings. The maximum absolute atomic E-state index is 10.4. The summed E-state index contributed by atoms with van der Waals surface area (Å²) in [6, 6.07) is 8.83. The molecule has 1 aromatic rings. The van der Waals surface area contributed by atoms with Gasteiger partial charge in [-0.15, -0.1) is 0 Å². The van der Waals surface area contributed by atoms with Gasteiger partial charge in [0.2, 0.25) is 0 Å². The van der Waals surface area contributed by atoms with E-state index >= 15 is 0 Å². The fraction of sp³-hybridized carbons (Fsp3) is 0.625. The molecule has 2 nitrogen and oxygen atoms in total. The van der Waals surface area contributed by atoms with Crippen LogP contribution in [0.2, 0.25) is 0 Å². The number of hydrogen-bond donors (Lipinski definition) is 1. The van der Waals surface area contributed by atoms with Gasteiger partial charge in [0.05, 0.1) is 6.10 Å². The molecular formula is C16H25NO. The standard InChI is InChI=1S/C16H25NO/c1-3-14-9-6-7-11-17(14)12-16(18)15-10-5-4-8-13(15)2/h4-5,8,10,14,16,18H,3,6-7,9,11-12H2,1-2H3. The molecule has 0 radical (unpaired) electrons. The molecule has 0 aliphatic carbocycles. The van der Waals surface area contributed by atoms with Crippen LogP contribution in [0.4, 0.5) is 0 Å². The Hall–Kier alpha value is -0.860. The number of β-amino-alcohol motifs (C(OH)–C–C–N with tert-alkyl or cyclic N) is 1. The third kappa shape index (κ3) is 3.12. The van der Waals surface area contributed by atoms with Crippen molar-refractivity contribution in [3.8, 4) is 0 Å². The number of aliphatic hydroxyl groups excluding tert-OH is 1. The first-order valence-corrected chi connectivity index (χ1v) is 7.20. The van der Waals surface area contributed by atoms with E-state index in [2.05, 4.69) is 24.8 Å². The van der Waals surface area contributed by atoms with Gasteiger partial charge in [0.1, 0.15) is 0 Å². The third-order valence-corrected chi connectivity index (χ3v) is 4.18. The number of aryl methyl sites for hydroxylation is 1. The second-order valence-electron chi connectivity index (χ2n) is 5.43. The highest BCUT2D eigenvalue weighted by atomic mass is 16.3. The Kier molecular flexibility index (Phi) is 4.79. The van der Waals surface area contributed by atoms with Gasteiger partial charge >= 0.3 is 0 Å². The molecule has 0 aromatic heterocycles. The fourth-order valence-corrected chi connectivity index (χ4v) is 3.04. The zero-order valence-corrected chi connectivity index (χ0v) is 11.6. The Morgan fingerprint density at radius 2 is 2.11 bits per heavy atom. The minimum Gasteiger partial charge on any atom is -0.387 e. The number of hydrogen-bond acceptors (Lipinski definition) is 2. The summed E-state index contributed by atoms with van der Waals surface area (Å²) in [5, 5.41) is 10.4. The summed E-state index contributed by atoms with van der Waals surface area (Å²) >= 11 is 0. The van der Waals surface area contributed by atoms with Crippen LogP contribution in [0.5, 0.6) is 0 Å². The van der Waals surface area contributed by atoms with Crippen molar-refractivity contribution in [3.05, 3.63) is 35.4 Å². The van der Waals surface area contributed by atoms with E-state index in [0.717, 1.165) is 18.7 Å². The van der Waals surface area contributed by atoms with E-state index in [1.165, 1.54) is 31.2 Å². The van der Waals surface area contributed by atoms with Crippen molar-refractivity contribution in [2.75, 3.05) is 13.1 Å². The minimum atomic E-state index is -0.349. The van der Waals surface area contributed by atoms with Gasteiger partial charge in [0.25, 0.3) is 0 Å². The van der Waals surface area contributed by atoms with Crippen LogP contribution in [-0.2, 0) is 0 Å². The Labute approximate surface area is 111 Å². The lowest BCUT2D eigenvalue weighted by Crippen LogP contribution is -2.41. The maximum Gasteiger partial charge on any atom is 0.0919 e. The molecule has 1 heterocycles. The monoisotopic (exact) mass is 247 g/mol. The van der Waals surface area contributed by atoms with Crippen LogP contribution in [0.15, 0.2) is 24.3 Å². The summed E-state index contributed by atoms with van der Waals surface area (Å²) < 4.78 is 0. The average Bonchev–Trinajstić information content (AvgIpc) is 2.39. The summed E-state index contributed by atoms with van der Waals surface area (Å²) in [4.78, 5) is 2.47. The molecule has 18 heavy (non-hydrogen) atoms. The summed E-state index contributed by atoms with van der Waals surface area (Å²) in [6.07, 6.45) is 4.75. The molecular weight excluding hydrogens is 222 g/mol. The predicted molar refractivity (Wildman–Crippen MR) is 75.6 cm³/mol. The molecule has 2 rings (SSSR count). The molecule has 0 spiro atoms. The van der Waals surface area contributed by atoms with E-state index in [1.807, 2.05) is 18.2 Å². The zero-order valence-electron chi connectivity index (χ0n) is 11.6. The van der Waals surface area contributed by atoms with E-state index in [9.17, 15) is 5.11 Å². The van der Waals surface area contributed by atoms with E-state index in [0.29, 0.717) is 6.04 Å². The van der Waals surface area contributed by atoms with Crippen LogP contribution in [0.3, 0.4) is 0 Å². The average molecular weight is 247 g/mol. The molecule has 2 atom stereocenters. The van der Waals surface area contributed by atoms with Gasteiger partial charge in [0.15, 0.2) is 0 Å². The number of rotatable bonds is 4. The highest BCUT2D eigenvalue weighted by Crippen LogP contribution is 2.24. The molecule has 1 aliphatic heterocycles. The van der Waals surface area contributed by atoms with E-state index < -0.39 is 0 Å². The van der Waals surface area contributed by atoms with Crippen molar-refractivity contribution in [1.29, 1.82) is 0 Å². The van der Waals surface area contributed by atoms with E-state index in [-0.39, 0.29) is 6.10 Å². The van der Waals surface area contributed by atoms with Crippen molar-refractivity contribution in [1.82, 2.24) is 4.90 Å². The zero-order chi connectivity index (χ0) is 13.0. The normalized spacial score (nSPS) is 22.9. The lowest BCUT2D eigenvalue weighted by Gasteiger charge is -2.36. The SMILES string of the molecule is CCC1CCCCN1CC(O)c1ccccc1C. The highest BCUT2D eigenvalue weighted by Gasteiger charge is 2.23. The number of benzene rings is 1.